The Morgan fingerprint density at radius 1 is 1.27 bits per heavy atom. The van der Waals surface area contributed by atoms with Gasteiger partial charge in [0.1, 0.15) is 10.2 Å². The Balaban J connectivity index is 1.51. The molecule has 0 radical (unpaired) electrons. The molecule has 0 spiro atoms. The highest BCUT2D eigenvalue weighted by Gasteiger charge is 2.29. The third-order valence-electron chi connectivity index (χ3n) is 5.77. The number of likely N-dealkylation sites (tertiary alicyclic amines) is 1. The molecule has 1 fully saturated rings. The molecule has 0 unspecified atom stereocenters. The van der Waals surface area contributed by atoms with Crippen LogP contribution in [0.25, 0.3) is 32.4 Å². The summed E-state index contributed by atoms with van der Waals surface area (Å²) in [6, 6.07) is 4.22. The molecule has 0 bridgehead atoms. The van der Waals surface area contributed by atoms with Gasteiger partial charge in [-0.05, 0) is 67.1 Å². The van der Waals surface area contributed by atoms with Gasteiger partial charge in [0.25, 0.3) is 0 Å². The Morgan fingerprint density at radius 2 is 2.03 bits per heavy atom. The summed E-state index contributed by atoms with van der Waals surface area (Å²) in [5.74, 6) is 0.260. The number of nitrogens with two attached hydrogens (primary N) is 1. The van der Waals surface area contributed by atoms with Crippen molar-refractivity contribution in [2.24, 2.45) is 0 Å². The average Bonchev–Trinajstić information content (AvgIpc) is 3.36. The van der Waals surface area contributed by atoms with Crippen LogP contribution >= 0.6 is 27.3 Å². The van der Waals surface area contributed by atoms with Crippen LogP contribution in [-0.2, 0) is 4.74 Å². The number of amides is 1. The molecule has 33 heavy (non-hydrogen) atoms. The standard InChI is InChI=1S/C23H25BrN6O2S/c1-23(2,3)32-22(31)29-7-4-13(5-8-29)30-12-15(14-10-18(24)26-11-17(14)30)19-20-16(6-9-33-20)27-21(25)28-19/h6,9-13H,4-5,7-8H2,1-3H3,(H2,25,27,28). The van der Waals surface area contributed by atoms with E-state index in [9.17, 15) is 4.79 Å². The van der Waals surface area contributed by atoms with Crippen LogP contribution in [0.4, 0.5) is 10.7 Å². The largest absolute Gasteiger partial charge is 0.444 e. The molecule has 10 heteroatoms. The number of hydrogen-bond donors (Lipinski definition) is 1. The predicted molar refractivity (Wildman–Crippen MR) is 134 cm³/mol. The molecule has 4 aromatic heterocycles. The predicted octanol–water partition coefficient (Wildman–Crippen LogP) is 5.62. The van der Waals surface area contributed by atoms with Crippen LogP contribution in [0.1, 0.15) is 39.7 Å². The third-order valence-corrected chi connectivity index (χ3v) is 7.12. The summed E-state index contributed by atoms with van der Waals surface area (Å²) in [6.45, 7) is 6.96. The minimum atomic E-state index is -0.495. The molecule has 4 aromatic rings. The first-order valence-electron chi connectivity index (χ1n) is 10.8. The number of anilines is 1. The monoisotopic (exact) mass is 528 g/mol. The summed E-state index contributed by atoms with van der Waals surface area (Å²) < 4.78 is 9.59. The molecule has 8 nitrogen and oxygen atoms in total. The maximum absolute atomic E-state index is 12.5. The molecule has 1 saturated heterocycles. The van der Waals surface area contributed by atoms with E-state index in [4.69, 9.17) is 10.5 Å². The number of halogens is 1. The fraction of sp³-hybridized carbons (Fsp3) is 0.391. The Morgan fingerprint density at radius 3 is 2.76 bits per heavy atom. The molecule has 1 amide bonds. The lowest BCUT2D eigenvalue weighted by molar-refractivity contribution is 0.0189. The molecule has 172 valence electrons. The van der Waals surface area contributed by atoms with E-state index >= 15 is 0 Å². The number of pyridine rings is 1. The van der Waals surface area contributed by atoms with Gasteiger partial charge in [-0.1, -0.05) is 0 Å². The number of thiophene rings is 1. The number of fused-ring (bicyclic) bond motifs is 2. The molecule has 5 rings (SSSR count). The summed E-state index contributed by atoms with van der Waals surface area (Å²) in [5, 5.41) is 3.06. The minimum Gasteiger partial charge on any atom is -0.444 e. The van der Waals surface area contributed by atoms with E-state index in [1.165, 1.54) is 0 Å². The van der Waals surface area contributed by atoms with E-state index < -0.39 is 5.60 Å². The van der Waals surface area contributed by atoms with Gasteiger partial charge in [0.15, 0.2) is 0 Å². The van der Waals surface area contributed by atoms with Gasteiger partial charge in [-0.3, -0.25) is 0 Å². The second kappa shape index (κ2) is 8.25. The van der Waals surface area contributed by atoms with Crippen LogP contribution in [-0.4, -0.2) is 49.2 Å². The zero-order valence-electron chi connectivity index (χ0n) is 18.7. The Hall–Kier alpha value is -2.72. The third kappa shape index (κ3) is 4.29. The topological polar surface area (TPSA) is 99.2 Å². The number of piperidine rings is 1. The fourth-order valence-corrected chi connectivity index (χ4v) is 5.50. The van der Waals surface area contributed by atoms with E-state index in [-0.39, 0.29) is 18.1 Å². The summed E-state index contributed by atoms with van der Waals surface area (Å²) in [5.41, 5.74) is 9.26. The van der Waals surface area contributed by atoms with Gasteiger partial charge >= 0.3 is 6.09 Å². The van der Waals surface area contributed by atoms with Crippen molar-refractivity contribution >= 4 is 60.4 Å². The fourth-order valence-electron chi connectivity index (χ4n) is 4.33. The van der Waals surface area contributed by atoms with Crippen LogP contribution in [0.15, 0.2) is 34.5 Å². The number of carbonyl (C=O) groups excluding carboxylic acids is 1. The van der Waals surface area contributed by atoms with Crippen LogP contribution in [0.5, 0.6) is 0 Å². The molecule has 1 aliphatic rings. The maximum atomic E-state index is 12.5. The van der Waals surface area contributed by atoms with Crippen LogP contribution in [0.3, 0.4) is 0 Å². The highest BCUT2D eigenvalue weighted by atomic mass is 79.9. The second-order valence-corrected chi connectivity index (χ2v) is 11.0. The smallest absolute Gasteiger partial charge is 0.410 e. The van der Waals surface area contributed by atoms with E-state index in [2.05, 4.69) is 41.6 Å². The number of nitrogen functional groups attached to an aromatic ring is 1. The van der Waals surface area contributed by atoms with Crippen LogP contribution in [0.2, 0.25) is 0 Å². The molecule has 0 aliphatic carbocycles. The Labute approximate surface area is 203 Å². The normalized spacial score (nSPS) is 15.5. The van der Waals surface area contributed by atoms with Crippen LogP contribution < -0.4 is 5.73 Å². The molecule has 0 saturated carbocycles. The molecule has 0 atom stereocenters. The SMILES string of the molecule is CC(C)(C)OC(=O)N1CCC(n2cc(-c3nc(N)nc4ccsc34)c3cc(Br)ncc32)CC1. The summed E-state index contributed by atoms with van der Waals surface area (Å²) >= 11 is 5.12. The molecule has 1 aliphatic heterocycles. The number of aromatic nitrogens is 4. The van der Waals surface area contributed by atoms with Gasteiger partial charge in [-0.25, -0.2) is 19.7 Å². The van der Waals surface area contributed by atoms with Crippen molar-refractivity contribution in [3.63, 3.8) is 0 Å². The van der Waals surface area contributed by atoms with Gasteiger partial charge in [-0.2, -0.15) is 0 Å². The number of nitrogens with zero attached hydrogens (tertiary/aromatic N) is 5. The lowest BCUT2D eigenvalue weighted by Crippen LogP contribution is -2.42. The summed E-state index contributed by atoms with van der Waals surface area (Å²) in [6.07, 6.45) is 5.45. The lowest BCUT2D eigenvalue weighted by atomic mass is 10.1. The zero-order valence-corrected chi connectivity index (χ0v) is 21.1. The first-order chi connectivity index (χ1) is 15.7. The van der Waals surface area contributed by atoms with Crippen LogP contribution in [0, 0.1) is 0 Å². The first-order valence-corrected chi connectivity index (χ1v) is 12.5. The Bertz CT molecular complexity index is 1350. The molecule has 5 heterocycles. The summed E-state index contributed by atoms with van der Waals surface area (Å²) in [7, 11) is 0. The van der Waals surface area contributed by atoms with E-state index in [1.54, 1.807) is 16.2 Å². The molecular formula is C23H25BrN6O2S. The zero-order chi connectivity index (χ0) is 23.3. The van der Waals surface area contributed by atoms with Crippen molar-refractivity contribution in [2.75, 3.05) is 18.8 Å². The van der Waals surface area contributed by atoms with E-state index in [1.807, 2.05) is 44.5 Å². The van der Waals surface area contributed by atoms with Crippen molar-refractivity contribution in [3.05, 3.63) is 34.5 Å². The van der Waals surface area contributed by atoms with Crippen molar-refractivity contribution in [2.45, 2.75) is 45.3 Å². The van der Waals surface area contributed by atoms with Crippen molar-refractivity contribution in [3.8, 4) is 11.3 Å². The first kappa shape index (κ1) is 22.1. The van der Waals surface area contributed by atoms with Gasteiger partial charge in [-0.15, -0.1) is 11.3 Å². The molecular weight excluding hydrogens is 504 g/mol. The van der Waals surface area contributed by atoms with Gasteiger partial charge in [0.05, 0.1) is 27.6 Å². The van der Waals surface area contributed by atoms with Gasteiger partial charge in [0, 0.05) is 36.3 Å². The summed E-state index contributed by atoms with van der Waals surface area (Å²) in [4.78, 5) is 27.7. The number of ether oxygens (including phenoxy) is 1. The molecule has 2 N–H and O–H groups in total. The van der Waals surface area contributed by atoms with E-state index in [0.717, 1.165) is 49.8 Å². The van der Waals surface area contributed by atoms with Gasteiger partial charge < -0.3 is 19.9 Å². The van der Waals surface area contributed by atoms with Crippen molar-refractivity contribution in [1.82, 2.24) is 24.4 Å². The molecule has 0 aromatic carbocycles. The number of rotatable bonds is 2. The van der Waals surface area contributed by atoms with E-state index in [0.29, 0.717) is 13.1 Å². The second-order valence-electron chi connectivity index (χ2n) is 9.24. The van der Waals surface area contributed by atoms with Gasteiger partial charge in [0.2, 0.25) is 5.95 Å². The minimum absolute atomic E-state index is 0.237. The number of carbonyl (C=O) groups is 1. The average molecular weight is 529 g/mol. The quantitative estimate of drug-likeness (QED) is 0.338. The van der Waals surface area contributed by atoms with Crippen molar-refractivity contribution in [1.29, 1.82) is 0 Å². The lowest BCUT2D eigenvalue weighted by Gasteiger charge is -2.34. The number of hydrogen-bond acceptors (Lipinski definition) is 7. The maximum Gasteiger partial charge on any atom is 0.410 e. The highest BCUT2D eigenvalue weighted by Crippen LogP contribution is 2.39. The Kier molecular flexibility index (Phi) is 5.52. The van der Waals surface area contributed by atoms with Crippen molar-refractivity contribution < 1.29 is 9.53 Å². The highest BCUT2D eigenvalue weighted by molar-refractivity contribution is 9.10.